The third kappa shape index (κ3) is 16.2. The van der Waals surface area contributed by atoms with Crippen LogP contribution in [0, 0.1) is 0 Å². The first kappa shape index (κ1) is 38.1. The molecule has 2 saturated carbocycles. The summed E-state index contributed by atoms with van der Waals surface area (Å²) in [5.74, 6) is 0.721. The Morgan fingerprint density at radius 3 is 1.28 bits per heavy atom. The van der Waals surface area contributed by atoms with Gasteiger partial charge in [-0.15, -0.1) is 0 Å². The van der Waals surface area contributed by atoms with Crippen LogP contribution < -0.4 is 22.1 Å². The Morgan fingerprint density at radius 1 is 0.667 bits per heavy atom. The van der Waals surface area contributed by atoms with Gasteiger partial charge in [-0.25, -0.2) is 0 Å². The van der Waals surface area contributed by atoms with Crippen LogP contribution in [-0.2, 0) is 65.6 Å². The van der Waals surface area contributed by atoms with Gasteiger partial charge in [0.25, 0.3) is 0 Å². The van der Waals surface area contributed by atoms with Crippen molar-refractivity contribution in [1.29, 1.82) is 0 Å². The number of benzene rings is 2. The average molecular weight is 929 g/mol. The number of rotatable bonds is 6. The standard InChI is InChI=1S/2C13H20N2O.H2O4S.2Pt/c2*14-11-6-2-3-7-12(11)15-9-10-5-1-4-8-13(10)16;1-5(2,3)4;;/h2*1,4-5,8,11-12,15-16H,2-3,6-7,9,14H2;(H2,1,2,3,4);;/q;;;2*+2/t2*11-,12-;;;/m11.../s1. The number of nitrogens with two attached hydrogens (primary N) is 2. The fraction of sp³-hybridized carbons (Fsp3) is 0.538. The maximum absolute atomic E-state index is 9.63. The summed E-state index contributed by atoms with van der Waals surface area (Å²) in [5.41, 5.74) is 14.0. The molecule has 4 atom stereocenters. The average Bonchev–Trinajstić information content (AvgIpc) is 2.84. The molecule has 0 spiro atoms. The van der Waals surface area contributed by atoms with Crippen molar-refractivity contribution in [3.8, 4) is 11.5 Å². The van der Waals surface area contributed by atoms with Crippen LogP contribution in [0.25, 0.3) is 0 Å². The fourth-order valence-electron chi connectivity index (χ4n) is 4.63. The zero-order valence-electron chi connectivity index (χ0n) is 21.8. The molecule has 0 amide bonds. The number of para-hydroxylation sites is 2. The molecule has 0 unspecified atom stereocenters. The molecular weight excluding hydrogens is 887 g/mol. The van der Waals surface area contributed by atoms with E-state index in [0.717, 1.165) is 36.8 Å². The molecule has 39 heavy (non-hydrogen) atoms. The Morgan fingerprint density at radius 2 is 0.974 bits per heavy atom. The predicted molar refractivity (Wildman–Crippen MR) is 145 cm³/mol. The zero-order chi connectivity index (χ0) is 27.3. The quantitative estimate of drug-likeness (QED) is 0.200. The molecule has 13 heteroatoms. The largest absolute Gasteiger partial charge is 2.00 e. The summed E-state index contributed by atoms with van der Waals surface area (Å²) in [6, 6.07) is 16.2. The van der Waals surface area contributed by atoms with Crippen molar-refractivity contribution >= 4 is 10.4 Å². The molecule has 4 rings (SSSR count). The molecule has 0 radical (unpaired) electrons. The van der Waals surface area contributed by atoms with E-state index in [-0.39, 0.29) is 54.2 Å². The topological polar surface area (TPSA) is 191 Å². The molecule has 0 aliphatic heterocycles. The van der Waals surface area contributed by atoms with Gasteiger partial charge in [0.05, 0.1) is 0 Å². The van der Waals surface area contributed by atoms with E-state index in [1.54, 1.807) is 12.1 Å². The van der Waals surface area contributed by atoms with Crippen LogP contribution in [-0.4, -0.2) is 51.9 Å². The first-order valence-electron chi connectivity index (χ1n) is 12.8. The second-order valence-corrected chi connectivity index (χ2v) is 10.5. The molecule has 0 heterocycles. The molecular formula is C26H42N4O6Pt2S+4. The molecule has 10 N–H and O–H groups in total. The van der Waals surface area contributed by atoms with E-state index in [9.17, 15) is 10.2 Å². The van der Waals surface area contributed by atoms with Gasteiger partial charge in [-0.1, -0.05) is 62.1 Å². The number of phenolic OH excluding ortho intramolecular Hbond substituents is 2. The van der Waals surface area contributed by atoms with Gasteiger partial charge in [-0.05, 0) is 37.8 Å². The molecule has 10 nitrogen and oxygen atoms in total. The third-order valence-corrected chi connectivity index (χ3v) is 6.73. The molecule has 2 aromatic carbocycles. The van der Waals surface area contributed by atoms with Crippen molar-refractivity contribution in [1.82, 2.24) is 10.6 Å². The molecule has 2 aliphatic rings. The van der Waals surface area contributed by atoms with Gasteiger partial charge in [-0.3, -0.25) is 9.11 Å². The van der Waals surface area contributed by atoms with E-state index < -0.39 is 10.4 Å². The van der Waals surface area contributed by atoms with Crippen molar-refractivity contribution in [3.05, 3.63) is 59.7 Å². The van der Waals surface area contributed by atoms with E-state index >= 15 is 0 Å². The summed E-state index contributed by atoms with van der Waals surface area (Å²) in [6.07, 6.45) is 9.52. The zero-order valence-corrected chi connectivity index (χ0v) is 27.2. The summed E-state index contributed by atoms with van der Waals surface area (Å²) < 4.78 is 31.6. The Kier molecular flexibility index (Phi) is 19.6. The van der Waals surface area contributed by atoms with Gasteiger partial charge in [0.2, 0.25) is 0 Å². The van der Waals surface area contributed by atoms with Crippen molar-refractivity contribution in [2.24, 2.45) is 11.5 Å². The van der Waals surface area contributed by atoms with Crippen LogP contribution in [0.1, 0.15) is 62.5 Å². The van der Waals surface area contributed by atoms with Crippen molar-refractivity contribution in [3.63, 3.8) is 0 Å². The maximum Gasteiger partial charge on any atom is 2.00 e. The number of hydrogen-bond acceptors (Lipinski definition) is 8. The van der Waals surface area contributed by atoms with E-state index in [0.29, 0.717) is 36.7 Å². The van der Waals surface area contributed by atoms with Gasteiger partial charge in [0.1, 0.15) is 11.5 Å². The van der Waals surface area contributed by atoms with Gasteiger partial charge < -0.3 is 32.3 Å². The van der Waals surface area contributed by atoms with Crippen molar-refractivity contribution in [2.75, 3.05) is 0 Å². The Balaban J connectivity index is 0.000000606. The first-order chi connectivity index (χ1) is 17.5. The molecule has 0 bridgehead atoms. The Bertz CT molecular complexity index is 975. The summed E-state index contributed by atoms with van der Waals surface area (Å²) in [4.78, 5) is 0. The van der Waals surface area contributed by atoms with Crippen LogP contribution in [0.5, 0.6) is 11.5 Å². The first-order valence-corrected chi connectivity index (χ1v) is 14.2. The predicted octanol–water partition coefficient (Wildman–Crippen LogP) is 2.85. The van der Waals surface area contributed by atoms with Gasteiger partial charge in [0, 0.05) is 48.4 Å². The number of nitrogens with one attached hydrogen (secondary N) is 2. The van der Waals surface area contributed by atoms with Crippen LogP contribution in [0.3, 0.4) is 0 Å². The smallest absolute Gasteiger partial charge is 0.508 e. The van der Waals surface area contributed by atoms with Gasteiger partial charge >= 0.3 is 52.5 Å². The molecule has 2 aromatic rings. The van der Waals surface area contributed by atoms with E-state index in [1.165, 1.54) is 25.7 Å². The third-order valence-electron chi connectivity index (χ3n) is 6.73. The normalized spacial score (nSPS) is 22.5. The minimum atomic E-state index is -4.67. The summed E-state index contributed by atoms with van der Waals surface area (Å²) >= 11 is 0. The summed E-state index contributed by atoms with van der Waals surface area (Å²) in [6.45, 7) is 1.40. The molecule has 2 aliphatic carbocycles. The monoisotopic (exact) mass is 928 g/mol. The van der Waals surface area contributed by atoms with Crippen LogP contribution in [0.2, 0.25) is 0 Å². The molecule has 224 valence electrons. The van der Waals surface area contributed by atoms with E-state index in [1.807, 2.05) is 36.4 Å². The van der Waals surface area contributed by atoms with Crippen molar-refractivity contribution < 1.29 is 69.9 Å². The Hall–Kier alpha value is -0.873. The second-order valence-electron chi connectivity index (χ2n) is 9.58. The minimum Gasteiger partial charge on any atom is -0.508 e. The molecule has 0 aromatic heterocycles. The maximum atomic E-state index is 9.63. The second kappa shape index (κ2) is 20.1. The molecule has 0 saturated heterocycles. The molecule has 2 fully saturated rings. The van der Waals surface area contributed by atoms with Gasteiger partial charge in [0.15, 0.2) is 0 Å². The number of phenols is 2. The summed E-state index contributed by atoms with van der Waals surface area (Å²) in [7, 11) is -4.67. The van der Waals surface area contributed by atoms with E-state index in [2.05, 4.69) is 10.6 Å². The number of aromatic hydroxyl groups is 2. The van der Waals surface area contributed by atoms with E-state index in [4.69, 9.17) is 29.0 Å². The SMILES string of the molecule is N[C@@H]1CCCC[C@H]1NCc1ccccc1O.N[C@@H]1CCCC[C@H]1NCc1ccccc1O.O=S(=O)(O)O.[Pt+2].[Pt+2]. The Labute approximate surface area is 260 Å². The number of hydrogen-bond donors (Lipinski definition) is 8. The fourth-order valence-corrected chi connectivity index (χ4v) is 4.63. The summed E-state index contributed by atoms with van der Waals surface area (Å²) in [5, 5.41) is 26.2. The van der Waals surface area contributed by atoms with Crippen LogP contribution >= 0.6 is 0 Å². The van der Waals surface area contributed by atoms with Crippen molar-refractivity contribution in [2.45, 2.75) is 88.6 Å². The minimum absolute atomic E-state index is 0. The van der Waals surface area contributed by atoms with Crippen LogP contribution in [0.4, 0.5) is 0 Å². The van der Waals surface area contributed by atoms with Gasteiger partial charge in [-0.2, -0.15) is 8.42 Å². The van der Waals surface area contributed by atoms with Crippen LogP contribution in [0.15, 0.2) is 48.5 Å².